The summed E-state index contributed by atoms with van der Waals surface area (Å²) in [6, 6.07) is 10.6. The second-order valence-electron chi connectivity index (χ2n) is 5.60. The van der Waals surface area contributed by atoms with Gasteiger partial charge in [0.25, 0.3) is 11.8 Å². The van der Waals surface area contributed by atoms with E-state index in [0.717, 1.165) is 0 Å². The third-order valence-corrected chi connectivity index (χ3v) is 3.51. The molecule has 0 heterocycles. The van der Waals surface area contributed by atoms with Crippen molar-refractivity contribution in [1.29, 1.82) is 0 Å². The molecule has 0 fully saturated rings. The summed E-state index contributed by atoms with van der Waals surface area (Å²) in [5, 5.41) is 4.68. The van der Waals surface area contributed by atoms with Gasteiger partial charge in [0.1, 0.15) is 18.1 Å². The minimum Gasteiger partial charge on any atom is -0.497 e. The van der Waals surface area contributed by atoms with Crippen LogP contribution in [0.3, 0.4) is 0 Å². The van der Waals surface area contributed by atoms with Crippen molar-refractivity contribution in [2.45, 2.75) is 6.92 Å². The molecule has 0 aromatic heterocycles. The molecule has 8 heteroatoms. The minimum atomic E-state index is -0.795. The van der Waals surface area contributed by atoms with Crippen LogP contribution in [0.4, 0.5) is 10.1 Å². The Labute approximate surface area is 155 Å². The molecule has 142 valence electrons. The van der Waals surface area contributed by atoms with Crippen LogP contribution in [0.5, 0.6) is 5.75 Å². The van der Waals surface area contributed by atoms with Crippen LogP contribution in [0.25, 0.3) is 0 Å². The molecule has 2 amide bonds. The molecule has 7 nitrogen and oxygen atoms in total. The number of methoxy groups -OCH3 is 1. The fourth-order valence-electron chi connectivity index (χ4n) is 2.10. The first kappa shape index (κ1) is 19.9. The van der Waals surface area contributed by atoms with Gasteiger partial charge in [0.15, 0.2) is 6.61 Å². The van der Waals surface area contributed by atoms with Crippen LogP contribution < -0.4 is 15.4 Å². The molecule has 0 aliphatic rings. The van der Waals surface area contributed by atoms with Crippen molar-refractivity contribution in [2.24, 2.45) is 0 Å². The predicted octanol–water partition coefficient (Wildman–Crippen LogP) is 2.05. The Kier molecular flexibility index (Phi) is 6.87. The second kappa shape index (κ2) is 9.33. The number of nitrogens with one attached hydrogen (secondary N) is 2. The Balaban J connectivity index is 1.74. The summed E-state index contributed by atoms with van der Waals surface area (Å²) >= 11 is 0. The number of carbonyl (C=O) groups excluding carboxylic acids is 3. The van der Waals surface area contributed by atoms with Crippen molar-refractivity contribution in [1.82, 2.24) is 5.32 Å². The zero-order valence-electron chi connectivity index (χ0n) is 14.9. The highest BCUT2D eigenvalue weighted by atomic mass is 19.1. The van der Waals surface area contributed by atoms with Gasteiger partial charge in [0.05, 0.1) is 12.8 Å². The van der Waals surface area contributed by atoms with Gasteiger partial charge in [-0.05, 0) is 48.9 Å². The van der Waals surface area contributed by atoms with Crippen molar-refractivity contribution in [3.63, 3.8) is 0 Å². The van der Waals surface area contributed by atoms with Crippen molar-refractivity contribution in [3.8, 4) is 5.75 Å². The fourth-order valence-corrected chi connectivity index (χ4v) is 2.10. The van der Waals surface area contributed by atoms with Crippen LogP contribution in [-0.4, -0.2) is 38.0 Å². The molecule has 2 rings (SSSR count). The van der Waals surface area contributed by atoms with Crippen LogP contribution in [-0.2, 0) is 14.3 Å². The van der Waals surface area contributed by atoms with Gasteiger partial charge in [0.2, 0.25) is 0 Å². The molecular formula is C19H19FN2O5. The lowest BCUT2D eigenvalue weighted by Crippen LogP contribution is -2.32. The molecule has 2 N–H and O–H groups in total. The number of anilines is 1. The van der Waals surface area contributed by atoms with E-state index in [2.05, 4.69) is 10.6 Å². The maximum Gasteiger partial charge on any atom is 0.325 e. The van der Waals surface area contributed by atoms with Gasteiger partial charge in [0, 0.05) is 5.56 Å². The summed E-state index contributed by atoms with van der Waals surface area (Å²) < 4.78 is 23.4. The van der Waals surface area contributed by atoms with Gasteiger partial charge in [-0.2, -0.15) is 0 Å². The van der Waals surface area contributed by atoms with E-state index in [-0.39, 0.29) is 5.69 Å². The number of benzene rings is 2. The molecule has 2 aromatic rings. The average Bonchev–Trinajstić information content (AvgIpc) is 2.66. The normalized spacial score (nSPS) is 10.0. The molecule has 0 radical (unpaired) electrons. The quantitative estimate of drug-likeness (QED) is 0.724. The lowest BCUT2D eigenvalue weighted by molar-refractivity contribution is -0.146. The van der Waals surface area contributed by atoms with Gasteiger partial charge < -0.3 is 20.1 Å². The molecule has 2 aromatic carbocycles. The van der Waals surface area contributed by atoms with Crippen LogP contribution in [0.2, 0.25) is 0 Å². The number of amides is 2. The van der Waals surface area contributed by atoms with E-state index in [1.807, 2.05) is 0 Å². The molecule has 0 saturated carbocycles. The van der Waals surface area contributed by atoms with E-state index in [4.69, 9.17) is 9.47 Å². The van der Waals surface area contributed by atoms with Crippen LogP contribution in [0.1, 0.15) is 15.9 Å². The Morgan fingerprint density at radius 1 is 1.07 bits per heavy atom. The topological polar surface area (TPSA) is 93.7 Å². The zero-order chi connectivity index (χ0) is 19.8. The second-order valence-corrected chi connectivity index (χ2v) is 5.60. The first-order valence-electron chi connectivity index (χ1n) is 8.03. The van der Waals surface area contributed by atoms with Crippen molar-refractivity contribution in [3.05, 3.63) is 59.4 Å². The van der Waals surface area contributed by atoms with Crippen molar-refractivity contribution < 1.29 is 28.2 Å². The van der Waals surface area contributed by atoms with Crippen molar-refractivity contribution in [2.75, 3.05) is 25.6 Å². The molecule has 0 spiro atoms. The molecule has 27 heavy (non-hydrogen) atoms. The highest BCUT2D eigenvalue weighted by Crippen LogP contribution is 2.15. The summed E-state index contributed by atoms with van der Waals surface area (Å²) in [5.74, 6) is -1.94. The average molecular weight is 374 g/mol. The maximum absolute atomic E-state index is 13.7. The summed E-state index contributed by atoms with van der Waals surface area (Å²) in [7, 11) is 1.51. The molecule has 0 aliphatic heterocycles. The lowest BCUT2D eigenvalue weighted by atomic mass is 10.2. The summed E-state index contributed by atoms with van der Waals surface area (Å²) in [6.45, 7) is 0.721. The Morgan fingerprint density at radius 3 is 2.41 bits per heavy atom. The van der Waals surface area contributed by atoms with E-state index >= 15 is 0 Å². The first-order valence-corrected chi connectivity index (χ1v) is 8.03. The van der Waals surface area contributed by atoms with Gasteiger partial charge >= 0.3 is 5.97 Å². The Hall–Kier alpha value is -3.42. The number of ether oxygens (including phenoxy) is 2. The van der Waals surface area contributed by atoms with Gasteiger partial charge in [-0.3, -0.25) is 14.4 Å². The third-order valence-electron chi connectivity index (χ3n) is 3.51. The lowest BCUT2D eigenvalue weighted by Gasteiger charge is -2.09. The molecule has 0 atom stereocenters. The molecular weight excluding hydrogens is 355 g/mol. The monoisotopic (exact) mass is 374 g/mol. The van der Waals surface area contributed by atoms with E-state index in [1.54, 1.807) is 37.3 Å². The SMILES string of the molecule is COc1ccc(C(=O)NCC(=O)OCC(=O)Nc2ccc(C)cc2F)cc1. The van der Waals surface area contributed by atoms with Gasteiger partial charge in [-0.15, -0.1) is 0 Å². The van der Waals surface area contributed by atoms with Crippen molar-refractivity contribution >= 4 is 23.5 Å². The summed E-state index contributed by atoms with van der Waals surface area (Å²) in [4.78, 5) is 35.3. The van der Waals surface area contributed by atoms with Gasteiger partial charge in [-0.1, -0.05) is 6.07 Å². The van der Waals surface area contributed by atoms with Crippen LogP contribution in [0.15, 0.2) is 42.5 Å². The predicted molar refractivity (Wildman–Crippen MR) is 96.1 cm³/mol. The zero-order valence-corrected chi connectivity index (χ0v) is 14.9. The summed E-state index contributed by atoms with van der Waals surface area (Å²) in [6.07, 6.45) is 0. The third kappa shape index (κ3) is 6.10. The minimum absolute atomic E-state index is 0.00513. The molecule has 0 unspecified atom stereocenters. The van der Waals surface area contributed by atoms with Crippen LogP contribution in [0, 0.1) is 12.7 Å². The highest BCUT2D eigenvalue weighted by Gasteiger charge is 2.12. The molecule has 0 bridgehead atoms. The van der Waals surface area contributed by atoms with Crippen LogP contribution >= 0.6 is 0 Å². The largest absolute Gasteiger partial charge is 0.497 e. The summed E-state index contributed by atoms with van der Waals surface area (Å²) in [5.41, 5.74) is 1.05. The Bertz CT molecular complexity index is 836. The van der Waals surface area contributed by atoms with E-state index in [0.29, 0.717) is 16.9 Å². The van der Waals surface area contributed by atoms with E-state index in [1.165, 1.54) is 19.2 Å². The smallest absolute Gasteiger partial charge is 0.325 e. The fraction of sp³-hybridized carbons (Fsp3) is 0.211. The van der Waals surface area contributed by atoms with E-state index in [9.17, 15) is 18.8 Å². The number of rotatable bonds is 7. The number of hydrogen-bond donors (Lipinski definition) is 2. The van der Waals surface area contributed by atoms with Gasteiger partial charge in [-0.25, -0.2) is 4.39 Å². The number of aryl methyl sites for hydroxylation is 1. The maximum atomic E-state index is 13.7. The van der Waals surface area contributed by atoms with E-state index < -0.39 is 36.8 Å². The molecule has 0 saturated heterocycles. The number of hydrogen-bond acceptors (Lipinski definition) is 5. The number of halogens is 1. The highest BCUT2D eigenvalue weighted by molar-refractivity contribution is 5.96. The number of esters is 1. The number of carbonyl (C=O) groups is 3. The molecule has 0 aliphatic carbocycles. The standard InChI is InChI=1S/C19H19FN2O5/c1-12-3-8-16(15(20)9-12)22-17(23)11-27-18(24)10-21-19(25)13-4-6-14(26-2)7-5-13/h3-9H,10-11H2,1-2H3,(H,21,25)(H,22,23). The Morgan fingerprint density at radius 2 is 1.78 bits per heavy atom. The first-order chi connectivity index (χ1) is 12.9.